The molecule has 106 valence electrons. The molecule has 0 saturated heterocycles. The number of carbonyl (C=O) groups excluding carboxylic acids is 2. The lowest BCUT2D eigenvalue weighted by Gasteiger charge is -2.23. The maximum absolute atomic E-state index is 12.6. The molecule has 3 heteroatoms. The number of benzene rings is 1. The normalized spacial score (nSPS) is 16.7. The van der Waals surface area contributed by atoms with Gasteiger partial charge in [0.2, 0.25) is 0 Å². The van der Waals surface area contributed by atoms with E-state index in [9.17, 15) is 9.59 Å². The lowest BCUT2D eigenvalue weighted by atomic mass is 9.85. The SMILES string of the molecule is COC(C)(C)C(=O)C1=CC=C2C(=Cc3ccccc32)C1=O. The fourth-order valence-corrected chi connectivity index (χ4v) is 2.60. The summed E-state index contributed by atoms with van der Waals surface area (Å²) in [5, 5.41) is 0. The largest absolute Gasteiger partial charge is 0.371 e. The fourth-order valence-electron chi connectivity index (χ4n) is 2.60. The van der Waals surface area contributed by atoms with Crippen LogP contribution in [0.5, 0.6) is 0 Å². The molecule has 0 heterocycles. The second kappa shape index (κ2) is 4.64. The number of hydrogen-bond donors (Lipinski definition) is 0. The Morgan fingerprint density at radius 1 is 1.10 bits per heavy atom. The van der Waals surface area contributed by atoms with Gasteiger partial charge in [-0.25, -0.2) is 0 Å². The van der Waals surface area contributed by atoms with Gasteiger partial charge in [-0.15, -0.1) is 0 Å². The number of ether oxygens (including phenoxy) is 1. The van der Waals surface area contributed by atoms with Gasteiger partial charge in [-0.05, 0) is 42.7 Å². The Balaban J connectivity index is 2.05. The van der Waals surface area contributed by atoms with Gasteiger partial charge in [0.15, 0.2) is 11.6 Å². The van der Waals surface area contributed by atoms with E-state index in [1.807, 2.05) is 36.4 Å². The Morgan fingerprint density at radius 2 is 1.81 bits per heavy atom. The number of ketones is 2. The second-order valence-electron chi connectivity index (χ2n) is 5.68. The van der Waals surface area contributed by atoms with E-state index in [-0.39, 0.29) is 17.1 Å². The Kier molecular flexibility index (Phi) is 3.03. The van der Waals surface area contributed by atoms with Crippen molar-refractivity contribution in [2.24, 2.45) is 0 Å². The van der Waals surface area contributed by atoms with E-state index in [1.54, 1.807) is 19.9 Å². The van der Waals surface area contributed by atoms with Gasteiger partial charge in [0, 0.05) is 12.7 Å². The number of fused-ring (bicyclic) bond motifs is 3. The minimum atomic E-state index is -1.00. The summed E-state index contributed by atoms with van der Waals surface area (Å²) < 4.78 is 5.19. The highest BCUT2D eigenvalue weighted by atomic mass is 16.5. The molecule has 0 N–H and O–H groups in total. The standard InChI is InChI=1S/C18H16O3/c1-18(2,21-3)17(20)14-9-8-13-12-7-5-4-6-11(12)10-15(13)16(14)19/h4-10H,1-3H3. The molecular weight excluding hydrogens is 264 g/mol. The van der Waals surface area contributed by atoms with Crippen LogP contribution in [-0.2, 0) is 14.3 Å². The van der Waals surface area contributed by atoms with Crippen LogP contribution >= 0.6 is 0 Å². The monoisotopic (exact) mass is 280 g/mol. The summed E-state index contributed by atoms with van der Waals surface area (Å²) >= 11 is 0. The zero-order valence-electron chi connectivity index (χ0n) is 12.3. The van der Waals surface area contributed by atoms with Crippen molar-refractivity contribution in [1.29, 1.82) is 0 Å². The molecule has 0 unspecified atom stereocenters. The molecule has 0 aromatic heterocycles. The van der Waals surface area contributed by atoms with Crippen molar-refractivity contribution >= 4 is 23.2 Å². The van der Waals surface area contributed by atoms with Gasteiger partial charge in [0.25, 0.3) is 0 Å². The minimum Gasteiger partial charge on any atom is -0.371 e. The summed E-state index contributed by atoms with van der Waals surface area (Å²) in [5.74, 6) is -0.513. The van der Waals surface area contributed by atoms with Gasteiger partial charge in [-0.3, -0.25) is 9.59 Å². The first-order chi connectivity index (χ1) is 9.95. The first-order valence-electron chi connectivity index (χ1n) is 6.84. The molecule has 21 heavy (non-hydrogen) atoms. The minimum absolute atomic E-state index is 0.185. The maximum atomic E-state index is 12.6. The third kappa shape index (κ3) is 2.01. The molecule has 2 aliphatic rings. The number of rotatable bonds is 3. The van der Waals surface area contributed by atoms with Crippen LogP contribution in [0.25, 0.3) is 11.6 Å². The Labute approximate surface area is 123 Å². The molecule has 0 radical (unpaired) electrons. The Bertz CT molecular complexity index is 745. The van der Waals surface area contributed by atoms with Crippen molar-refractivity contribution < 1.29 is 14.3 Å². The van der Waals surface area contributed by atoms with Crippen LogP contribution in [0.1, 0.15) is 25.0 Å². The molecule has 1 aromatic rings. The molecule has 3 nitrogen and oxygen atoms in total. The van der Waals surface area contributed by atoms with E-state index >= 15 is 0 Å². The summed E-state index contributed by atoms with van der Waals surface area (Å²) in [6.45, 7) is 3.33. The van der Waals surface area contributed by atoms with Gasteiger partial charge < -0.3 is 4.74 Å². The van der Waals surface area contributed by atoms with Crippen molar-refractivity contribution in [2.45, 2.75) is 19.4 Å². The molecule has 1 aromatic carbocycles. The number of hydrogen-bond acceptors (Lipinski definition) is 3. The number of allylic oxidation sites excluding steroid dienone is 4. The average molecular weight is 280 g/mol. The van der Waals surface area contributed by atoms with E-state index in [1.165, 1.54) is 7.11 Å². The van der Waals surface area contributed by atoms with Gasteiger partial charge in [-0.2, -0.15) is 0 Å². The van der Waals surface area contributed by atoms with E-state index in [0.29, 0.717) is 5.57 Å². The van der Waals surface area contributed by atoms with Gasteiger partial charge >= 0.3 is 0 Å². The third-order valence-corrected chi connectivity index (χ3v) is 4.05. The highest BCUT2D eigenvalue weighted by Crippen LogP contribution is 2.39. The van der Waals surface area contributed by atoms with E-state index < -0.39 is 5.60 Å². The molecule has 0 fully saturated rings. The van der Waals surface area contributed by atoms with Crippen molar-refractivity contribution in [1.82, 2.24) is 0 Å². The third-order valence-electron chi connectivity index (χ3n) is 4.05. The summed E-state index contributed by atoms with van der Waals surface area (Å²) in [6, 6.07) is 7.83. The van der Waals surface area contributed by atoms with Crippen LogP contribution in [0.3, 0.4) is 0 Å². The van der Waals surface area contributed by atoms with Gasteiger partial charge in [-0.1, -0.05) is 30.3 Å². The fraction of sp³-hybridized carbons (Fsp3) is 0.222. The van der Waals surface area contributed by atoms with Crippen LogP contribution in [0, 0.1) is 0 Å². The van der Waals surface area contributed by atoms with Crippen molar-refractivity contribution in [3.63, 3.8) is 0 Å². The summed E-state index contributed by atoms with van der Waals surface area (Å²) in [5.41, 5.74) is 2.72. The van der Waals surface area contributed by atoms with Crippen LogP contribution in [0.2, 0.25) is 0 Å². The average Bonchev–Trinajstić information content (AvgIpc) is 2.87. The molecule has 0 atom stereocenters. The summed E-state index contributed by atoms with van der Waals surface area (Å²) in [4.78, 5) is 25.1. The van der Waals surface area contributed by atoms with Gasteiger partial charge in [0.1, 0.15) is 5.60 Å². The number of Topliss-reactive ketones (excluding diaryl/α,β-unsaturated/α-hetero) is 2. The molecule has 0 amide bonds. The topological polar surface area (TPSA) is 43.4 Å². The molecule has 2 aliphatic carbocycles. The van der Waals surface area contributed by atoms with Crippen LogP contribution in [0.15, 0.2) is 47.6 Å². The lowest BCUT2D eigenvalue weighted by molar-refractivity contribution is -0.134. The lowest BCUT2D eigenvalue weighted by Crippen LogP contribution is -2.37. The Hall–Kier alpha value is -2.26. The number of methoxy groups -OCH3 is 1. The molecule has 0 spiro atoms. The quantitative estimate of drug-likeness (QED) is 0.799. The predicted octanol–water partition coefficient (Wildman–Crippen LogP) is 2.97. The van der Waals surface area contributed by atoms with E-state index in [0.717, 1.165) is 16.7 Å². The second-order valence-corrected chi connectivity index (χ2v) is 5.68. The molecule has 0 bridgehead atoms. The van der Waals surface area contributed by atoms with Crippen LogP contribution < -0.4 is 0 Å². The zero-order chi connectivity index (χ0) is 15.2. The first kappa shape index (κ1) is 13.7. The number of carbonyl (C=O) groups is 2. The van der Waals surface area contributed by atoms with Crippen molar-refractivity contribution in [3.8, 4) is 0 Å². The van der Waals surface area contributed by atoms with Crippen molar-refractivity contribution in [3.05, 3.63) is 58.7 Å². The van der Waals surface area contributed by atoms with Crippen molar-refractivity contribution in [2.75, 3.05) is 7.11 Å². The summed E-state index contributed by atoms with van der Waals surface area (Å²) in [7, 11) is 1.47. The summed E-state index contributed by atoms with van der Waals surface area (Å²) in [6.07, 6.45) is 5.31. The van der Waals surface area contributed by atoms with Crippen LogP contribution in [0.4, 0.5) is 0 Å². The zero-order valence-corrected chi connectivity index (χ0v) is 12.3. The highest BCUT2D eigenvalue weighted by molar-refractivity contribution is 6.36. The Morgan fingerprint density at radius 3 is 2.52 bits per heavy atom. The van der Waals surface area contributed by atoms with E-state index in [2.05, 4.69) is 0 Å². The maximum Gasteiger partial charge on any atom is 0.197 e. The van der Waals surface area contributed by atoms with Gasteiger partial charge in [0.05, 0.1) is 5.57 Å². The van der Waals surface area contributed by atoms with E-state index in [4.69, 9.17) is 4.74 Å². The molecule has 0 saturated carbocycles. The predicted molar refractivity (Wildman–Crippen MR) is 81.6 cm³/mol. The smallest absolute Gasteiger partial charge is 0.197 e. The first-order valence-corrected chi connectivity index (χ1v) is 6.84. The molecule has 3 rings (SSSR count). The molecule has 0 aliphatic heterocycles. The van der Waals surface area contributed by atoms with Crippen LogP contribution in [-0.4, -0.2) is 24.3 Å². The molecular formula is C18H16O3. The highest BCUT2D eigenvalue weighted by Gasteiger charge is 2.37.